The Morgan fingerprint density at radius 1 is 1.19 bits per heavy atom. The number of rotatable bonds is 7. The number of amides is 1. The molecule has 3 heterocycles. The largest absolute Gasteiger partial charge is 0.336 e. The maximum Gasteiger partial charge on any atom is 0.289 e. The summed E-state index contributed by atoms with van der Waals surface area (Å²) in [5.41, 5.74) is 0. The fraction of sp³-hybridized carbons (Fsp3) is 0.611. The van der Waals surface area contributed by atoms with Gasteiger partial charge in [0.25, 0.3) is 5.91 Å². The predicted molar refractivity (Wildman–Crippen MR) is 95.5 cm³/mol. The Hall–Kier alpha value is -2.51. The van der Waals surface area contributed by atoms with E-state index >= 15 is 0 Å². The van der Waals surface area contributed by atoms with E-state index in [2.05, 4.69) is 26.8 Å². The molecule has 26 heavy (non-hydrogen) atoms. The molecule has 0 spiro atoms. The Balaban J connectivity index is 1.65. The molecule has 0 bridgehead atoms. The van der Waals surface area contributed by atoms with E-state index in [9.17, 15) is 9.59 Å². The first-order chi connectivity index (χ1) is 12.6. The zero-order valence-corrected chi connectivity index (χ0v) is 15.5. The Morgan fingerprint density at radius 2 is 1.96 bits per heavy atom. The molecule has 1 aliphatic heterocycles. The van der Waals surface area contributed by atoms with Crippen LogP contribution in [-0.2, 0) is 22.7 Å². The van der Waals surface area contributed by atoms with Gasteiger partial charge in [-0.05, 0) is 32.3 Å². The zero-order chi connectivity index (χ0) is 18.5. The number of likely N-dealkylation sites (tertiary alicyclic amines) is 1. The molecule has 0 radical (unpaired) electrons. The lowest BCUT2D eigenvalue weighted by Gasteiger charge is -2.31. The molecule has 8 nitrogen and oxygen atoms in total. The van der Waals surface area contributed by atoms with Gasteiger partial charge < -0.3 is 9.47 Å². The first kappa shape index (κ1) is 18.3. The number of hydrogen-bond donors (Lipinski definition) is 0. The second-order valence-corrected chi connectivity index (χ2v) is 6.66. The first-order valence-electron chi connectivity index (χ1n) is 9.35. The average Bonchev–Trinajstić information content (AvgIpc) is 3.31. The van der Waals surface area contributed by atoms with E-state index in [1.807, 2.05) is 23.9 Å². The second kappa shape index (κ2) is 8.25. The van der Waals surface area contributed by atoms with Crippen LogP contribution in [0.4, 0.5) is 0 Å². The number of ketones is 1. The van der Waals surface area contributed by atoms with Crippen LogP contribution >= 0.6 is 0 Å². The maximum atomic E-state index is 12.2. The van der Waals surface area contributed by atoms with Crippen LogP contribution in [0.15, 0.2) is 18.5 Å². The fourth-order valence-electron chi connectivity index (χ4n) is 3.50. The van der Waals surface area contributed by atoms with Crippen LogP contribution in [0.25, 0.3) is 0 Å². The third kappa shape index (κ3) is 3.84. The topological polar surface area (TPSA) is 85.9 Å². The van der Waals surface area contributed by atoms with Gasteiger partial charge in [-0.1, -0.05) is 6.92 Å². The fourth-order valence-corrected chi connectivity index (χ4v) is 3.50. The number of piperidine rings is 1. The Bertz CT molecular complexity index is 744. The van der Waals surface area contributed by atoms with Crippen molar-refractivity contribution in [2.45, 2.75) is 58.5 Å². The summed E-state index contributed by atoms with van der Waals surface area (Å²) in [7, 11) is 0. The van der Waals surface area contributed by atoms with E-state index in [0.29, 0.717) is 32.5 Å². The van der Waals surface area contributed by atoms with Gasteiger partial charge in [0.1, 0.15) is 12.4 Å². The SMILES string of the molecule is CCCC(=O)C(=O)N1CCC(c2nnc(Cn3cccn3)n2CC)CC1. The minimum Gasteiger partial charge on any atom is -0.336 e. The van der Waals surface area contributed by atoms with Crippen LogP contribution in [0, 0.1) is 0 Å². The molecule has 3 rings (SSSR count). The highest BCUT2D eigenvalue weighted by Crippen LogP contribution is 2.27. The lowest BCUT2D eigenvalue weighted by atomic mass is 9.95. The monoisotopic (exact) mass is 358 g/mol. The standard InChI is InChI=1S/C18H26N6O2/c1-3-6-15(25)18(26)22-11-7-14(8-12-22)17-21-20-16(24(17)4-2)13-23-10-5-9-19-23/h5,9-10,14H,3-4,6-8,11-13H2,1-2H3. The van der Waals surface area contributed by atoms with Gasteiger partial charge in [0.15, 0.2) is 5.82 Å². The first-order valence-corrected chi connectivity index (χ1v) is 9.35. The second-order valence-electron chi connectivity index (χ2n) is 6.66. The number of hydrogen-bond acceptors (Lipinski definition) is 5. The van der Waals surface area contributed by atoms with Crippen molar-refractivity contribution in [3.63, 3.8) is 0 Å². The molecule has 0 aliphatic carbocycles. The van der Waals surface area contributed by atoms with E-state index in [1.54, 1.807) is 11.1 Å². The molecule has 1 amide bonds. The van der Waals surface area contributed by atoms with Crippen molar-refractivity contribution in [2.75, 3.05) is 13.1 Å². The van der Waals surface area contributed by atoms with Crippen molar-refractivity contribution in [3.8, 4) is 0 Å². The molecule has 140 valence electrons. The summed E-state index contributed by atoms with van der Waals surface area (Å²) in [5, 5.41) is 13.0. The number of nitrogens with zero attached hydrogens (tertiary/aromatic N) is 6. The van der Waals surface area contributed by atoms with Gasteiger partial charge in [0.05, 0.1) is 0 Å². The smallest absolute Gasteiger partial charge is 0.289 e. The van der Waals surface area contributed by atoms with Gasteiger partial charge in [0.2, 0.25) is 5.78 Å². The highest BCUT2D eigenvalue weighted by atomic mass is 16.2. The quantitative estimate of drug-likeness (QED) is 0.702. The van der Waals surface area contributed by atoms with Crippen LogP contribution < -0.4 is 0 Å². The summed E-state index contributed by atoms with van der Waals surface area (Å²) in [6.07, 6.45) is 6.32. The average molecular weight is 358 g/mol. The summed E-state index contributed by atoms with van der Waals surface area (Å²) < 4.78 is 3.98. The van der Waals surface area contributed by atoms with Crippen molar-refractivity contribution in [1.82, 2.24) is 29.4 Å². The van der Waals surface area contributed by atoms with Gasteiger partial charge in [-0.3, -0.25) is 14.3 Å². The van der Waals surface area contributed by atoms with Crippen molar-refractivity contribution >= 4 is 11.7 Å². The normalized spacial score (nSPS) is 15.4. The minimum absolute atomic E-state index is 0.263. The van der Waals surface area contributed by atoms with Gasteiger partial charge in [-0.25, -0.2) is 0 Å². The van der Waals surface area contributed by atoms with Crippen LogP contribution in [0.3, 0.4) is 0 Å². The summed E-state index contributed by atoms with van der Waals surface area (Å²) in [6.45, 7) is 6.59. The van der Waals surface area contributed by atoms with E-state index in [1.165, 1.54) is 0 Å². The van der Waals surface area contributed by atoms with Crippen LogP contribution in [0.5, 0.6) is 0 Å². The highest BCUT2D eigenvalue weighted by molar-refractivity contribution is 6.36. The Kier molecular flexibility index (Phi) is 5.80. The molecule has 1 aliphatic rings. The summed E-state index contributed by atoms with van der Waals surface area (Å²) >= 11 is 0. The molecule has 2 aromatic heterocycles. The molecule has 8 heteroatoms. The highest BCUT2D eigenvalue weighted by Gasteiger charge is 2.29. The lowest BCUT2D eigenvalue weighted by molar-refractivity contribution is -0.145. The van der Waals surface area contributed by atoms with E-state index in [-0.39, 0.29) is 17.6 Å². The molecule has 1 saturated heterocycles. The summed E-state index contributed by atoms with van der Waals surface area (Å²) in [6, 6.07) is 1.89. The van der Waals surface area contributed by atoms with Crippen LogP contribution in [0.1, 0.15) is 57.1 Å². The van der Waals surface area contributed by atoms with Gasteiger partial charge in [-0.15, -0.1) is 10.2 Å². The number of carbonyl (C=O) groups excluding carboxylic acids is 2. The molecule has 2 aromatic rings. The maximum absolute atomic E-state index is 12.2. The molecule has 0 N–H and O–H groups in total. The summed E-state index contributed by atoms with van der Waals surface area (Å²) in [4.78, 5) is 25.7. The van der Waals surface area contributed by atoms with E-state index in [4.69, 9.17) is 0 Å². The Morgan fingerprint density at radius 3 is 2.58 bits per heavy atom. The minimum atomic E-state index is -0.332. The molecule has 0 saturated carbocycles. The van der Waals surface area contributed by atoms with Gasteiger partial charge >= 0.3 is 0 Å². The van der Waals surface area contributed by atoms with Crippen LogP contribution in [-0.4, -0.2) is 54.2 Å². The third-order valence-electron chi connectivity index (χ3n) is 4.90. The molecule has 0 atom stereocenters. The molecule has 0 unspecified atom stereocenters. The predicted octanol–water partition coefficient (Wildman–Crippen LogP) is 1.62. The van der Waals surface area contributed by atoms with Crippen molar-refractivity contribution < 1.29 is 9.59 Å². The molecule has 0 aromatic carbocycles. The van der Waals surface area contributed by atoms with Gasteiger partial charge in [0, 0.05) is 44.4 Å². The third-order valence-corrected chi connectivity index (χ3v) is 4.90. The van der Waals surface area contributed by atoms with Crippen molar-refractivity contribution in [2.24, 2.45) is 0 Å². The molecular formula is C18H26N6O2. The van der Waals surface area contributed by atoms with E-state index < -0.39 is 0 Å². The number of carbonyl (C=O) groups is 2. The van der Waals surface area contributed by atoms with Crippen molar-refractivity contribution in [3.05, 3.63) is 30.1 Å². The van der Waals surface area contributed by atoms with E-state index in [0.717, 1.165) is 31.0 Å². The van der Waals surface area contributed by atoms with Crippen LogP contribution in [0.2, 0.25) is 0 Å². The number of aromatic nitrogens is 5. The zero-order valence-electron chi connectivity index (χ0n) is 15.5. The summed E-state index contributed by atoms with van der Waals surface area (Å²) in [5.74, 6) is 1.52. The molecule has 1 fully saturated rings. The lowest BCUT2D eigenvalue weighted by Crippen LogP contribution is -2.42. The van der Waals surface area contributed by atoms with Crippen molar-refractivity contribution in [1.29, 1.82) is 0 Å². The number of Topliss-reactive ketones (excluding diaryl/α,β-unsaturated/α-hetero) is 1. The molecular weight excluding hydrogens is 332 g/mol. The van der Waals surface area contributed by atoms with Gasteiger partial charge in [-0.2, -0.15) is 5.10 Å². The Labute approximate surface area is 153 Å².